The second-order valence-electron chi connectivity index (χ2n) is 5.82. The molecule has 3 heteroatoms. The van der Waals surface area contributed by atoms with Crippen molar-refractivity contribution in [3.05, 3.63) is 39.7 Å². The molecule has 2 aromatic rings. The first-order valence-electron chi connectivity index (χ1n) is 6.35. The van der Waals surface area contributed by atoms with Gasteiger partial charge in [0.1, 0.15) is 5.01 Å². The first-order valence-corrected chi connectivity index (χ1v) is 7.16. The summed E-state index contributed by atoms with van der Waals surface area (Å²) in [6.45, 7) is 7.42. The van der Waals surface area contributed by atoms with Gasteiger partial charge in [0.2, 0.25) is 0 Å². The Morgan fingerprint density at radius 3 is 2.83 bits per heavy atom. The Kier molecular flexibility index (Phi) is 2.76. The van der Waals surface area contributed by atoms with Crippen LogP contribution in [0.1, 0.15) is 36.2 Å². The summed E-state index contributed by atoms with van der Waals surface area (Å²) in [5.41, 5.74) is 4.10. The minimum absolute atomic E-state index is 0.147. The third-order valence-electron chi connectivity index (χ3n) is 3.14. The van der Waals surface area contributed by atoms with Crippen molar-refractivity contribution in [1.29, 1.82) is 0 Å². The van der Waals surface area contributed by atoms with Crippen molar-refractivity contribution in [3.63, 3.8) is 0 Å². The number of nitrogens with zero attached hydrogens (tertiary/aromatic N) is 1. The minimum atomic E-state index is 0.147. The Hall–Kier alpha value is -1.19. The van der Waals surface area contributed by atoms with E-state index >= 15 is 0 Å². The Balaban J connectivity index is 1.84. The van der Waals surface area contributed by atoms with E-state index in [-0.39, 0.29) is 5.54 Å². The van der Waals surface area contributed by atoms with Crippen LogP contribution in [0.3, 0.4) is 0 Å². The zero-order chi connectivity index (χ0) is 12.8. The molecule has 0 spiro atoms. The standard InChI is InChI=1S/C15H18N2S/c1-15(2,3)16-9-13-17-14-11-7-5-4-6-10(11)8-12(14)18-13/h4-7,16H,8-9H2,1-3H3. The highest BCUT2D eigenvalue weighted by Crippen LogP contribution is 2.39. The summed E-state index contributed by atoms with van der Waals surface area (Å²) in [7, 11) is 0. The molecule has 0 saturated heterocycles. The van der Waals surface area contributed by atoms with E-state index in [0.717, 1.165) is 13.0 Å². The summed E-state index contributed by atoms with van der Waals surface area (Å²) in [6.07, 6.45) is 1.05. The highest BCUT2D eigenvalue weighted by molar-refractivity contribution is 7.12. The van der Waals surface area contributed by atoms with Crippen LogP contribution in [0, 0.1) is 0 Å². The van der Waals surface area contributed by atoms with Crippen LogP contribution in [0.15, 0.2) is 24.3 Å². The van der Waals surface area contributed by atoms with Gasteiger partial charge in [-0.2, -0.15) is 0 Å². The second-order valence-corrected chi connectivity index (χ2v) is 6.99. The van der Waals surface area contributed by atoms with E-state index in [1.165, 1.54) is 26.7 Å². The fourth-order valence-corrected chi connectivity index (χ4v) is 3.27. The number of thiazole rings is 1. The van der Waals surface area contributed by atoms with Gasteiger partial charge in [-0.05, 0) is 26.3 Å². The molecule has 3 rings (SSSR count). The Morgan fingerprint density at radius 2 is 2.06 bits per heavy atom. The normalized spacial score (nSPS) is 13.5. The van der Waals surface area contributed by atoms with Crippen molar-refractivity contribution in [2.45, 2.75) is 39.3 Å². The summed E-state index contributed by atoms with van der Waals surface area (Å²) in [6, 6.07) is 8.59. The predicted molar refractivity (Wildman–Crippen MR) is 76.9 cm³/mol. The van der Waals surface area contributed by atoms with E-state index in [9.17, 15) is 0 Å². The van der Waals surface area contributed by atoms with Crippen LogP contribution < -0.4 is 5.32 Å². The van der Waals surface area contributed by atoms with Gasteiger partial charge in [0.15, 0.2) is 0 Å². The first kappa shape index (κ1) is 11.9. The van der Waals surface area contributed by atoms with Crippen LogP contribution in [-0.2, 0) is 13.0 Å². The van der Waals surface area contributed by atoms with Gasteiger partial charge in [-0.15, -0.1) is 11.3 Å². The molecule has 0 saturated carbocycles. The molecule has 1 heterocycles. The van der Waals surface area contributed by atoms with Crippen LogP contribution in [0.4, 0.5) is 0 Å². The molecule has 1 aliphatic carbocycles. The summed E-state index contributed by atoms with van der Waals surface area (Å²) in [4.78, 5) is 6.21. The van der Waals surface area contributed by atoms with Gasteiger partial charge in [0.25, 0.3) is 0 Å². The van der Waals surface area contributed by atoms with E-state index in [4.69, 9.17) is 4.98 Å². The fourth-order valence-electron chi connectivity index (χ4n) is 2.23. The molecule has 0 atom stereocenters. The van der Waals surface area contributed by atoms with Crippen LogP contribution >= 0.6 is 11.3 Å². The van der Waals surface area contributed by atoms with Crippen molar-refractivity contribution in [2.24, 2.45) is 0 Å². The molecule has 1 aromatic carbocycles. The van der Waals surface area contributed by atoms with Crippen LogP contribution in [-0.4, -0.2) is 10.5 Å². The molecule has 0 fully saturated rings. The van der Waals surface area contributed by atoms with Crippen molar-refractivity contribution in [1.82, 2.24) is 10.3 Å². The number of fused-ring (bicyclic) bond motifs is 3. The maximum atomic E-state index is 4.79. The van der Waals surface area contributed by atoms with Crippen molar-refractivity contribution < 1.29 is 0 Å². The van der Waals surface area contributed by atoms with Crippen LogP contribution in [0.25, 0.3) is 11.3 Å². The van der Waals surface area contributed by atoms with E-state index in [1.54, 1.807) is 0 Å². The first-order chi connectivity index (χ1) is 8.53. The number of nitrogens with one attached hydrogen (secondary N) is 1. The van der Waals surface area contributed by atoms with Gasteiger partial charge < -0.3 is 5.32 Å². The number of benzene rings is 1. The second kappa shape index (κ2) is 4.18. The quantitative estimate of drug-likeness (QED) is 0.759. The number of hydrogen-bond acceptors (Lipinski definition) is 3. The average molecular weight is 258 g/mol. The molecule has 94 valence electrons. The Morgan fingerprint density at radius 1 is 1.28 bits per heavy atom. The van der Waals surface area contributed by atoms with E-state index in [2.05, 4.69) is 50.4 Å². The lowest BCUT2D eigenvalue weighted by Gasteiger charge is -2.19. The van der Waals surface area contributed by atoms with Crippen LogP contribution in [0.5, 0.6) is 0 Å². The molecule has 1 aliphatic rings. The molecule has 1 aromatic heterocycles. The summed E-state index contributed by atoms with van der Waals surface area (Å²) >= 11 is 1.85. The van der Waals surface area contributed by atoms with Gasteiger partial charge >= 0.3 is 0 Å². The molecule has 0 unspecified atom stereocenters. The van der Waals surface area contributed by atoms with Gasteiger partial charge in [-0.1, -0.05) is 24.3 Å². The van der Waals surface area contributed by atoms with Gasteiger partial charge in [0.05, 0.1) is 5.69 Å². The van der Waals surface area contributed by atoms with Crippen molar-refractivity contribution in [2.75, 3.05) is 0 Å². The molecule has 0 bridgehead atoms. The topological polar surface area (TPSA) is 24.9 Å². The molecule has 0 radical (unpaired) electrons. The zero-order valence-electron chi connectivity index (χ0n) is 11.1. The molecule has 18 heavy (non-hydrogen) atoms. The third kappa shape index (κ3) is 2.20. The number of aromatic nitrogens is 1. The molecular formula is C15H18N2S. The monoisotopic (exact) mass is 258 g/mol. The van der Waals surface area contributed by atoms with Gasteiger partial charge in [-0.3, -0.25) is 0 Å². The lowest BCUT2D eigenvalue weighted by Crippen LogP contribution is -2.35. The highest BCUT2D eigenvalue weighted by atomic mass is 32.1. The summed E-state index contributed by atoms with van der Waals surface area (Å²) in [5.74, 6) is 0. The molecule has 1 N–H and O–H groups in total. The van der Waals surface area contributed by atoms with Crippen LogP contribution in [0.2, 0.25) is 0 Å². The number of rotatable bonds is 2. The lowest BCUT2D eigenvalue weighted by atomic mass is 10.1. The largest absolute Gasteiger partial charge is 0.306 e. The zero-order valence-corrected chi connectivity index (χ0v) is 11.9. The Labute approximate surface area is 112 Å². The fraction of sp³-hybridized carbons (Fsp3) is 0.400. The maximum Gasteiger partial charge on any atom is 0.107 e. The van der Waals surface area contributed by atoms with Gasteiger partial charge in [0, 0.05) is 28.9 Å². The van der Waals surface area contributed by atoms with E-state index < -0.39 is 0 Å². The molecule has 0 amide bonds. The van der Waals surface area contributed by atoms with Crippen molar-refractivity contribution >= 4 is 11.3 Å². The third-order valence-corrected chi connectivity index (χ3v) is 4.19. The SMILES string of the molecule is CC(C)(C)NCc1nc2c(s1)Cc1ccccc1-2. The Bertz CT molecular complexity index is 578. The van der Waals surface area contributed by atoms with Crippen molar-refractivity contribution in [3.8, 4) is 11.3 Å². The van der Waals surface area contributed by atoms with E-state index in [0.29, 0.717) is 0 Å². The molecular weight excluding hydrogens is 240 g/mol. The smallest absolute Gasteiger partial charge is 0.107 e. The minimum Gasteiger partial charge on any atom is -0.306 e. The maximum absolute atomic E-state index is 4.79. The predicted octanol–water partition coefficient (Wildman–Crippen LogP) is 3.60. The van der Waals surface area contributed by atoms with E-state index in [1.807, 2.05) is 11.3 Å². The molecule has 0 aliphatic heterocycles. The highest BCUT2D eigenvalue weighted by Gasteiger charge is 2.22. The summed E-state index contributed by atoms with van der Waals surface area (Å²) < 4.78 is 0. The number of hydrogen-bond donors (Lipinski definition) is 1. The van der Waals surface area contributed by atoms with Gasteiger partial charge in [-0.25, -0.2) is 4.98 Å². The summed E-state index contributed by atoms with van der Waals surface area (Å²) in [5, 5.41) is 4.70. The lowest BCUT2D eigenvalue weighted by molar-refractivity contribution is 0.424. The molecule has 2 nitrogen and oxygen atoms in total. The average Bonchev–Trinajstić information content (AvgIpc) is 2.82.